The molecular formula is C24H27Br2ClN4O2. The second-order valence-electron chi connectivity index (χ2n) is 9.56. The monoisotopic (exact) mass is 596 g/mol. The van der Waals surface area contributed by atoms with Gasteiger partial charge in [-0.25, -0.2) is 0 Å². The molecule has 2 saturated carbocycles. The smallest absolute Gasteiger partial charge is 0.228 e. The highest BCUT2D eigenvalue weighted by Gasteiger charge is 2.52. The lowest BCUT2D eigenvalue weighted by molar-refractivity contribution is -0.140. The largest absolute Gasteiger partial charge is 0.352 e. The molecule has 0 spiro atoms. The number of carbonyl (C=O) groups excluding carboxylic acids is 2. The van der Waals surface area contributed by atoms with Crippen molar-refractivity contribution in [3.05, 3.63) is 50.1 Å². The summed E-state index contributed by atoms with van der Waals surface area (Å²) in [6, 6.07) is 5.79. The van der Waals surface area contributed by atoms with Crippen LogP contribution >= 0.6 is 43.5 Å². The molecule has 2 bridgehead atoms. The molecule has 4 atom stereocenters. The van der Waals surface area contributed by atoms with Crippen molar-refractivity contribution in [2.45, 2.75) is 50.6 Å². The minimum atomic E-state index is -0.110. The van der Waals surface area contributed by atoms with Crippen LogP contribution in [0.15, 0.2) is 39.5 Å². The number of halogens is 3. The standard InChI is InChI=1S/C24H27Br2ClN4O2/c25-17-3-4-20(27)16(10-17)11-21(32)29-23-15-2-1-14(9-15)22(23)24(33)30-7-5-19(6-8-30)31-13-18(26)12-28-31/h3-4,10,12-15,19,22-23H,1-2,5-9,11H2,(H,29,32)/t14-,15+,22+,23-/m0/s1. The van der Waals surface area contributed by atoms with Crippen LogP contribution in [0, 0.1) is 17.8 Å². The van der Waals surface area contributed by atoms with E-state index in [-0.39, 0.29) is 30.2 Å². The molecule has 6 nitrogen and oxygen atoms in total. The fourth-order valence-corrected chi connectivity index (χ4v) is 6.91. The van der Waals surface area contributed by atoms with Crippen LogP contribution in [0.3, 0.4) is 0 Å². The van der Waals surface area contributed by atoms with Crippen molar-refractivity contribution in [2.24, 2.45) is 17.8 Å². The zero-order chi connectivity index (χ0) is 23.1. The zero-order valence-corrected chi connectivity index (χ0v) is 22.2. The molecule has 2 heterocycles. The van der Waals surface area contributed by atoms with Crippen molar-refractivity contribution in [3.8, 4) is 0 Å². The van der Waals surface area contributed by atoms with Crippen LogP contribution in [0.25, 0.3) is 0 Å². The van der Waals surface area contributed by atoms with Gasteiger partial charge in [-0.15, -0.1) is 0 Å². The van der Waals surface area contributed by atoms with Crippen molar-refractivity contribution in [3.63, 3.8) is 0 Å². The number of aromatic nitrogens is 2. The lowest BCUT2D eigenvalue weighted by atomic mass is 9.82. The Morgan fingerprint density at radius 2 is 1.85 bits per heavy atom. The van der Waals surface area contributed by atoms with Gasteiger partial charge in [0.15, 0.2) is 0 Å². The van der Waals surface area contributed by atoms with E-state index in [0.29, 0.717) is 22.9 Å². The number of nitrogens with one attached hydrogen (secondary N) is 1. The minimum Gasteiger partial charge on any atom is -0.352 e. The van der Waals surface area contributed by atoms with Crippen molar-refractivity contribution in [2.75, 3.05) is 13.1 Å². The Morgan fingerprint density at radius 3 is 2.58 bits per heavy atom. The van der Waals surface area contributed by atoms with Crippen LogP contribution in [-0.4, -0.2) is 45.6 Å². The number of piperidine rings is 1. The second-order valence-corrected chi connectivity index (χ2v) is 11.8. The summed E-state index contributed by atoms with van der Waals surface area (Å²) in [5.74, 6) is 0.814. The summed E-state index contributed by atoms with van der Waals surface area (Å²) in [6.45, 7) is 1.48. The maximum atomic E-state index is 13.6. The highest BCUT2D eigenvalue weighted by molar-refractivity contribution is 9.10. The fraction of sp³-hybridized carbons (Fsp3) is 0.542. The number of nitrogens with zero attached hydrogens (tertiary/aromatic N) is 3. The molecule has 3 fully saturated rings. The first-order valence-electron chi connectivity index (χ1n) is 11.6. The molecule has 9 heteroatoms. The first-order chi connectivity index (χ1) is 15.9. The summed E-state index contributed by atoms with van der Waals surface area (Å²) < 4.78 is 3.87. The fourth-order valence-electron chi connectivity index (χ4n) is 6.02. The average Bonchev–Trinajstić information content (AvgIpc) is 3.52. The van der Waals surface area contributed by atoms with E-state index in [4.69, 9.17) is 11.6 Å². The molecule has 1 aliphatic heterocycles. The van der Waals surface area contributed by atoms with Crippen LogP contribution in [0.1, 0.15) is 43.7 Å². The number of hydrogen-bond donors (Lipinski definition) is 1. The van der Waals surface area contributed by atoms with E-state index in [0.717, 1.165) is 59.7 Å². The van der Waals surface area contributed by atoms with Gasteiger partial charge in [0.25, 0.3) is 0 Å². The van der Waals surface area contributed by atoms with Crippen molar-refractivity contribution >= 4 is 55.3 Å². The van der Waals surface area contributed by atoms with Crippen LogP contribution in [0.5, 0.6) is 0 Å². The summed E-state index contributed by atoms with van der Waals surface area (Å²) >= 11 is 13.2. The maximum absolute atomic E-state index is 13.6. The van der Waals surface area contributed by atoms with Gasteiger partial charge in [-0.05, 0) is 83.6 Å². The molecule has 1 aromatic carbocycles. The quantitative estimate of drug-likeness (QED) is 0.527. The third-order valence-electron chi connectivity index (χ3n) is 7.61. The highest BCUT2D eigenvalue weighted by Crippen LogP contribution is 2.49. The molecule has 3 aliphatic rings. The first kappa shape index (κ1) is 23.4. The lowest BCUT2D eigenvalue weighted by Crippen LogP contribution is -2.52. The molecule has 1 saturated heterocycles. The van der Waals surface area contributed by atoms with Crippen molar-refractivity contribution in [1.82, 2.24) is 20.0 Å². The van der Waals surface area contributed by atoms with Gasteiger partial charge >= 0.3 is 0 Å². The van der Waals surface area contributed by atoms with E-state index in [1.54, 1.807) is 12.3 Å². The first-order valence-corrected chi connectivity index (χ1v) is 13.6. The Labute approximate surface area is 215 Å². The lowest BCUT2D eigenvalue weighted by Gasteiger charge is -2.38. The SMILES string of the molecule is O=C(Cc1cc(Br)ccc1Cl)N[C@H]1[C@@H]2CC[C@@H](C2)[C@H]1C(=O)N1CCC(n2cc(Br)cn2)CC1. The third-order valence-corrected chi connectivity index (χ3v) is 8.88. The number of benzene rings is 1. The number of likely N-dealkylation sites (tertiary alicyclic amines) is 1. The van der Waals surface area contributed by atoms with E-state index in [9.17, 15) is 9.59 Å². The number of hydrogen-bond acceptors (Lipinski definition) is 3. The van der Waals surface area contributed by atoms with Gasteiger partial charge in [-0.1, -0.05) is 27.5 Å². The Bertz CT molecular complexity index is 1050. The molecule has 2 amide bonds. The molecule has 2 aliphatic carbocycles. The highest BCUT2D eigenvalue weighted by atomic mass is 79.9. The number of fused-ring (bicyclic) bond motifs is 2. The summed E-state index contributed by atoms with van der Waals surface area (Å²) in [6.07, 6.45) is 9.05. The summed E-state index contributed by atoms with van der Waals surface area (Å²) in [4.78, 5) is 28.6. The minimum absolute atomic E-state index is 0.0617. The summed E-state index contributed by atoms with van der Waals surface area (Å²) in [5.41, 5.74) is 0.793. The maximum Gasteiger partial charge on any atom is 0.228 e. The van der Waals surface area contributed by atoms with Gasteiger partial charge in [0.05, 0.1) is 29.1 Å². The van der Waals surface area contributed by atoms with E-state index < -0.39 is 0 Å². The molecular weight excluding hydrogens is 572 g/mol. The molecule has 33 heavy (non-hydrogen) atoms. The number of carbonyl (C=O) groups is 2. The molecule has 1 aromatic heterocycles. The van der Waals surface area contributed by atoms with Crippen LogP contribution in [0.4, 0.5) is 0 Å². The Hall–Kier alpha value is -1.38. The van der Waals surface area contributed by atoms with Gasteiger partial charge in [-0.3, -0.25) is 14.3 Å². The number of rotatable bonds is 5. The molecule has 0 unspecified atom stereocenters. The summed E-state index contributed by atoms with van der Waals surface area (Å²) in [7, 11) is 0. The summed E-state index contributed by atoms with van der Waals surface area (Å²) in [5, 5.41) is 8.23. The van der Waals surface area contributed by atoms with Gasteiger partial charge in [0.1, 0.15) is 0 Å². The van der Waals surface area contributed by atoms with Crippen LogP contribution in [0.2, 0.25) is 5.02 Å². The van der Waals surface area contributed by atoms with Crippen molar-refractivity contribution < 1.29 is 9.59 Å². The normalized spacial score (nSPS) is 27.2. The van der Waals surface area contributed by atoms with Gasteiger partial charge < -0.3 is 10.2 Å². The van der Waals surface area contributed by atoms with Gasteiger partial charge in [0.2, 0.25) is 11.8 Å². The Morgan fingerprint density at radius 1 is 1.09 bits per heavy atom. The predicted molar refractivity (Wildman–Crippen MR) is 134 cm³/mol. The van der Waals surface area contributed by atoms with E-state index in [2.05, 4.69) is 42.3 Å². The van der Waals surface area contributed by atoms with Crippen LogP contribution in [-0.2, 0) is 16.0 Å². The third kappa shape index (κ3) is 4.89. The van der Waals surface area contributed by atoms with Crippen LogP contribution < -0.4 is 5.32 Å². The Kier molecular flexibility index (Phi) is 6.87. The number of amides is 2. The van der Waals surface area contributed by atoms with Crippen molar-refractivity contribution in [1.29, 1.82) is 0 Å². The van der Waals surface area contributed by atoms with Gasteiger partial charge in [-0.2, -0.15) is 5.10 Å². The topological polar surface area (TPSA) is 67.2 Å². The molecule has 2 aromatic rings. The molecule has 5 rings (SSSR count). The van der Waals surface area contributed by atoms with E-state index in [1.165, 1.54) is 0 Å². The molecule has 1 N–H and O–H groups in total. The Balaban J connectivity index is 1.23. The van der Waals surface area contributed by atoms with E-state index >= 15 is 0 Å². The average molecular weight is 599 g/mol. The predicted octanol–water partition coefficient (Wildman–Crippen LogP) is 5.00. The van der Waals surface area contributed by atoms with E-state index in [1.807, 2.05) is 27.9 Å². The zero-order valence-electron chi connectivity index (χ0n) is 18.2. The molecule has 176 valence electrons. The second kappa shape index (κ2) is 9.70. The van der Waals surface area contributed by atoms with Gasteiger partial charge in [0, 0.05) is 34.8 Å². The molecule has 0 radical (unpaired) electrons.